The summed E-state index contributed by atoms with van der Waals surface area (Å²) in [5.74, 6) is 0. The fraction of sp³-hybridized carbons (Fsp3) is 1.00. The van der Waals surface area contributed by atoms with Crippen LogP contribution in [0.2, 0.25) is 0 Å². The van der Waals surface area contributed by atoms with Crippen LogP contribution in [0.4, 0.5) is 0 Å². The van der Waals surface area contributed by atoms with Crippen molar-refractivity contribution in [3.8, 4) is 0 Å². The second-order valence-electron chi connectivity index (χ2n) is 11.5. The van der Waals surface area contributed by atoms with Crippen LogP contribution in [0, 0.1) is 0 Å². The van der Waals surface area contributed by atoms with Gasteiger partial charge in [-0.05, 0) is 0 Å². The van der Waals surface area contributed by atoms with E-state index in [1.54, 1.807) is 0 Å². The van der Waals surface area contributed by atoms with Crippen molar-refractivity contribution < 1.29 is 104 Å². The lowest BCUT2D eigenvalue weighted by molar-refractivity contribution is -0.273. The van der Waals surface area contributed by atoms with Gasteiger partial charge in [-0.25, -0.2) is 0 Å². The first-order chi connectivity index (χ1) is 22.0. The standard InChI is InChI=1S/C25H42O21/c26-1-6-11(31)15(35)22(39-6)45-19-13(33)8(3-28)40-24(19)43-17-10(5-30)42-23(16(17)36)46-20-14(34)9(4-29)41-25(20)44-18-12(32)7(2-27)38-21(18)37/h6-37H,1-5H2/t6-,7-,8-,9-,10-,11-,12-,13-,14-,15+,16+,17-,18+,19+,20+,21-,22+,23+,24+,25+/m0/s1. The van der Waals surface area contributed by atoms with Gasteiger partial charge < -0.3 is 104 Å². The number of aliphatic hydroxyl groups is 12. The molecule has 21 nitrogen and oxygen atoms in total. The van der Waals surface area contributed by atoms with Crippen LogP contribution in [0.5, 0.6) is 0 Å². The van der Waals surface area contributed by atoms with Crippen molar-refractivity contribution in [2.24, 2.45) is 0 Å². The molecule has 5 aliphatic rings. The summed E-state index contributed by atoms with van der Waals surface area (Å²) in [6, 6.07) is 0. The van der Waals surface area contributed by atoms with Crippen molar-refractivity contribution in [1.29, 1.82) is 0 Å². The topological polar surface area (TPSA) is 326 Å². The van der Waals surface area contributed by atoms with Gasteiger partial charge in [0.25, 0.3) is 0 Å². The highest BCUT2D eigenvalue weighted by molar-refractivity contribution is 4.97. The zero-order valence-electron chi connectivity index (χ0n) is 24.1. The maximum atomic E-state index is 11.1. The maximum absolute atomic E-state index is 11.1. The third-order valence-corrected chi connectivity index (χ3v) is 8.58. The first-order valence-electron chi connectivity index (χ1n) is 14.7. The number of rotatable bonds is 13. The summed E-state index contributed by atoms with van der Waals surface area (Å²) in [6.07, 6.45) is -30.0. The first kappa shape index (κ1) is 36.4. The molecule has 5 aliphatic heterocycles. The molecule has 5 saturated heterocycles. The van der Waals surface area contributed by atoms with Crippen molar-refractivity contribution in [3.05, 3.63) is 0 Å². The average Bonchev–Trinajstić information content (AvgIpc) is 3.78. The van der Waals surface area contributed by atoms with Gasteiger partial charge in [0, 0.05) is 0 Å². The molecular weight excluding hydrogens is 636 g/mol. The van der Waals surface area contributed by atoms with Crippen LogP contribution in [0.1, 0.15) is 0 Å². The summed E-state index contributed by atoms with van der Waals surface area (Å²) in [7, 11) is 0. The van der Waals surface area contributed by atoms with Gasteiger partial charge in [0.05, 0.1) is 33.0 Å². The van der Waals surface area contributed by atoms with Crippen LogP contribution in [-0.2, 0) is 42.6 Å². The Labute approximate surface area is 260 Å². The Morgan fingerprint density at radius 3 is 1.13 bits per heavy atom. The van der Waals surface area contributed by atoms with Gasteiger partial charge in [0.15, 0.2) is 31.5 Å². The second-order valence-corrected chi connectivity index (χ2v) is 11.5. The van der Waals surface area contributed by atoms with Crippen molar-refractivity contribution in [2.45, 2.75) is 123 Å². The largest absolute Gasteiger partial charge is 0.394 e. The van der Waals surface area contributed by atoms with Crippen LogP contribution < -0.4 is 0 Å². The lowest BCUT2D eigenvalue weighted by Gasteiger charge is -2.30. The highest BCUT2D eigenvalue weighted by Crippen LogP contribution is 2.37. The smallest absolute Gasteiger partial charge is 0.187 e. The van der Waals surface area contributed by atoms with Crippen molar-refractivity contribution in [2.75, 3.05) is 33.0 Å². The Morgan fingerprint density at radius 2 is 0.674 bits per heavy atom. The van der Waals surface area contributed by atoms with Crippen LogP contribution in [-0.4, -0.2) is 217 Å². The molecule has 0 saturated carbocycles. The minimum absolute atomic E-state index is 0.649. The van der Waals surface area contributed by atoms with Gasteiger partial charge in [-0.2, -0.15) is 0 Å². The van der Waals surface area contributed by atoms with E-state index >= 15 is 0 Å². The van der Waals surface area contributed by atoms with Crippen molar-refractivity contribution in [1.82, 2.24) is 0 Å². The second kappa shape index (κ2) is 15.4. The Bertz CT molecular complexity index is 965. The molecule has 12 N–H and O–H groups in total. The van der Waals surface area contributed by atoms with Gasteiger partial charge in [-0.15, -0.1) is 0 Å². The number of hydrogen-bond donors (Lipinski definition) is 12. The van der Waals surface area contributed by atoms with Crippen molar-refractivity contribution in [3.63, 3.8) is 0 Å². The zero-order valence-corrected chi connectivity index (χ0v) is 24.1. The molecule has 0 aromatic rings. The number of aliphatic hydroxyl groups excluding tert-OH is 12. The van der Waals surface area contributed by atoms with Crippen LogP contribution in [0.25, 0.3) is 0 Å². The molecule has 0 amide bonds. The molecule has 0 aliphatic carbocycles. The van der Waals surface area contributed by atoms with E-state index in [1.165, 1.54) is 0 Å². The molecule has 21 heteroatoms. The molecule has 0 radical (unpaired) electrons. The lowest BCUT2D eigenvalue weighted by Crippen LogP contribution is -2.48. The average molecular weight is 679 g/mol. The summed E-state index contributed by atoms with van der Waals surface area (Å²) in [4.78, 5) is 0. The molecule has 5 heterocycles. The Morgan fingerprint density at radius 1 is 0.326 bits per heavy atom. The van der Waals surface area contributed by atoms with Gasteiger partial charge in [0.2, 0.25) is 0 Å². The summed E-state index contributed by atoms with van der Waals surface area (Å²) >= 11 is 0. The molecule has 0 aromatic heterocycles. The van der Waals surface area contributed by atoms with E-state index in [4.69, 9.17) is 42.6 Å². The Kier molecular flexibility index (Phi) is 12.2. The normalized spacial score (nSPS) is 52.7. The first-order valence-corrected chi connectivity index (χ1v) is 14.7. The van der Waals surface area contributed by atoms with E-state index in [2.05, 4.69) is 0 Å². The van der Waals surface area contributed by atoms with Gasteiger partial charge in [0.1, 0.15) is 91.6 Å². The van der Waals surface area contributed by atoms with E-state index in [0.29, 0.717) is 0 Å². The third kappa shape index (κ3) is 6.94. The summed E-state index contributed by atoms with van der Waals surface area (Å²) < 4.78 is 49.7. The molecule has 268 valence electrons. The fourth-order valence-corrected chi connectivity index (χ4v) is 5.96. The van der Waals surface area contributed by atoms with Crippen LogP contribution in [0.3, 0.4) is 0 Å². The van der Waals surface area contributed by atoms with Crippen molar-refractivity contribution >= 4 is 0 Å². The van der Waals surface area contributed by atoms with Crippen LogP contribution in [0.15, 0.2) is 0 Å². The monoisotopic (exact) mass is 678 g/mol. The summed E-state index contributed by atoms with van der Waals surface area (Å²) in [5.41, 5.74) is 0. The third-order valence-electron chi connectivity index (χ3n) is 8.58. The summed E-state index contributed by atoms with van der Waals surface area (Å²) in [6.45, 7) is -3.49. The molecule has 0 aromatic carbocycles. The highest BCUT2D eigenvalue weighted by Gasteiger charge is 2.57. The van der Waals surface area contributed by atoms with Gasteiger partial charge >= 0.3 is 0 Å². The lowest BCUT2D eigenvalue weighted by atomic mass is 10.1. The highest BCUT2D eigenvalue weighted by atomic mass is 16.8. The molecule has 0 bridgehead atoms. The molecular formula is C25H42O21. The molecule has 0 unspecified atom stereocenters. The number of ether oxygens (including phenoxy) is 9. The van der Waals surface area contributed by atoms with Gasteiger partial charge in [-0.3, -0.25) is 0 Å². The van der Waals surface area contributed by atoms with E-state index in [9.17, 15) is 61.3 Å². The van der Waals surface area contributed by atoms with E-state index in [0.717, 1.165) is 0 Å². The Balaban J connectivity index is 1.28. The molecule has 46 heavy (non-hydrogen) atoms. The Hall–Kier alpha value is -0.840. The molecule has 0 spiro atoms. The molecule has 5 rings (SSSR count). The van der Waals surface area contributed by atoms with Crippen LogP contribution >= 0.6 is 0 Å². The summed E-state index contributed by atoms with van der Waals surface area (Å²) in [5, 5.41) is 121. The predicted molar refractivity (Wildman–Crippen MR) is 136 cm³/mol. The van der Waals surface area contributed by atoms with E-state index in [-0.39, 0.29) is 0 Å². The molecule has 5 fully saturated rings. The molecule has 20 atom stereocenters. The number of hydrogen-bond acceptors (Lipinski definition) is 21. The maximum Gasteiger partial charge on any atom is 0.187 e. The quantitative estimate of drug-likeness (QED) is 0.0860. The predicted octanol–water partition coefficient (Wildman–Crippen LogP) is -8.73. The SMILES string of the molecule is OC[C@@H]1O[C@H](O[C@H]2[C@@H](O[C@@H]3[C@@H](O)[C@@H](O[C@H]4[C@@H](O[C@@H]5[C@@H](O)[C@H](CO)O[C@@H]5O)O[C@@H](CO)[C@@H]4O)O[C@H]3CO)O[C@@H](CO)[C@@H]2O)[C@H](O)[C@H]1O. The fourth-order valence-electron chi connectivity index (χ4n) is 5.96. The zero-order chi connectivity index (χ0) is 33.4. The van der Waals surface area contributed by atoms with E-state index in [1.807, 2.05) is 0 Å². The van der Waals surface area contributed by atoms with Gasteiger partial charge in [-0.1, -0.05) is 0 Å². The minimum atomic E-state index is -1.76. The van der Waals surface area contributed by atoms with E-state index < -0.39 is 156 Å². The minimum Gasteiger partial charge on any atom is -0.394 e.